The second-order valence-corrected chi connectivity index (χ2v) is 4.74. The zero-order chi connectivity index (χ0) is 10.7. The topological polar surface area (TPSA) is 33.2 Å². The van der Waals surface area contributed by atoms with Gasteiger partial charge in [-0.15, -0.1) is 11.3 Å². The summed E-state index contributed by atoms with van der Waals surface area (Å²) < 4.78 is 0. The summed E-state index contributed by atoms with van der Waals surface area (Å²) in [5.74, 6) is 0.912. The van der Waals surface area contributed by atoms with Crippen LogP contribution in [0.5, 0.6) is 0 Å². The van der Waals surface area contributed by atoms with Crippen LogP contribution in [-0.2, 0) is 0 Å². The van der Waals surface area contributed by atoms with Crippen molar-refractivity contribution in [2.45, 2.75) is 26.2 Å². The molecule has 1 aliphatic rings. The molecule has 2 heterocycles. The number of aromatic nitrogens is 1. The van der Waals surface area contributed by atoms with Crippen LogP contribution >= 0.6 is 11.3 Å². The van der Waals surface area contributed by atoms with E-state index in [1.807, 2.05) is 10.3 Å². The summed E-state index contributed by atoms with van der Waals surface area (Å²) in [6.07, 6.45) is 3.53. The highest BCUT2D eigenvalue weighted by Crippen LogP contribution is 2.21. The fourth-order valence-electron chi connectivity index (χ4n) is 2.02. The van der Waals surface area contributed by atoms with E-state index in [0.29, 0.717) is 5.69 Å². The summed E-state index contributed by atoms with van der Waals surface area (Å²) in [4.78, 5) is 17.9. The van der Waals surface area contributed by atoms with Crippen molar-refractivity contribution in [3.8, 4) is 0 Å². The molecule has 1 amide bonds. The maximum atomic E-state index is 11.9. The Bertz CT molecular complexity index is 315. The van der Waals surface area contributed by atoms with Crippen molar-refractivity contribution in [2.24, 2.45) is 5.92 Å². The predicted molar refractivity (Wildman–Crippen MR) is 61.0 cm³/mol. The monoisotopic (exact) mass is 224 g/mol. The summed E-state index contributed by atoms with van der Waals surface area (Å²) in [7, 11) is 0. The third kappa shape index (κ3) is 2.37. The van der Waals surface area contributed by atoms with Gasteiger partial charge in [0.1, 0.15) is 5.69 Å². The second-order valence-electron chi connectivity index (χ2n) is 4.02. The minimum Gasteiger partial charge on any atom is -0.337 e. The van der Waals surface area contributed by atoms with E-state index in [9.17, 15) is 4.79 Å². The molecule has 0 aliphatic carbocycles. The average molecular weight is 224 g/mol. The van der Waals surface area contributed by atoms with Crippen molar-refractivity contribution in [1.29, 1.82) is 0 Å². The van der Waals surface area contributed by atoms with Crippen molar-refractivity contribution in [1.82, 2.24) is 9.88 Å². The number of carbonyl (C=O) groups excluding carboxylic acids is 1. The molecule has 0 spiro atoms. The number of carbonyl (C=O) groups is 1. The fraction of sp³-hybridized carbons (Fsp3) is 0.636. The maximum Gasteiger partial charge on any atom is 0.273 e. The highest BCUT2D eigenvalue weighted by atomic mass is 32.1. The summed E-state index contributed by atoms with van der Waals surface area (Å²) in [6, 6.07) is 0. The molecule has 1 aromatic rings. The van der Waals surface area contributed by atoms with Gasteiger partial charge in [0.25, 0.3) is 5.91 Å². The summed E-state index contributed by atoms with van der Waals surface area (Å²) >= 11 is 1.48. The molecule has 1 aliphatic heterocycles. The van der Waals surface area contributed by atoms with Gasteiger partial charge in [-0.1, -0.05) is 13.3 Å². The van der Waals surface area contributed by atoms with E-state index in [1.54, 1.807) is 5.51 Å². The zero-order valence-electron chi connectivity index (χ0n) is 8.98. The van der Waals surface area contributed by atoms with Gasteiger partial charge in [-0.05, 0) is 18.8 Å². The minimum absolute atomic E-state index is 0.103. The Kier molecular flexibility index (Phi) is 3.36. The van der Waals surface area contributed by atoms with E-state index < -0.39 is 0 Å². The van der Waals surface area contributed by atoms with Crippen LogP contribution in [0.15, 0.2) is 10.9 Å². The van der Waals surface area contributed by atoms with Gasteiger partial charge in [-0.2, -0.15) is 0 Å². The van der Waals surface area contributed by atoms with E-state index >= 15 is 0 Å². The molecule has 1 aromatic heterocycles. The Hall–Kier alpha value is -0.900. The predicted octanol–water partition coefficient (Wildman–Crippen LogP) is 2.41. The molecule has 0 unspecified atom stereocenters. The van der Waals surface area contributed by atoms with Crippen LogP contribution in [0.3, 0.4) is 0 Å². The van der Waals surface area contributed by atoms with Crippen LogP contribution in [-0.4, -0.2) is 28.9 Å². The second kappa shape index (κ2) is 4.75. The summed E-state index contributed by atoms with van der Waals surface area (Å²) in [5, 5.41) is 1.83. The average Bonchev–Trinajstić information content (AvgIpc) is 2.82. The van der Waals surface area contributed by atoms with E-state index in [4.69, 9.17) is 0 Å². The number of thiazole rings is 1. The standard InChI is InChI=1S/C11H16N2OS/c1-2-9-3-5-13(6-4-9)11(14)10-7-15-8-12-10/h7-9H,2-6H2,1H3. The number of piperidine rings is 1. The van der Waals surface area contributed by atoms with Crippen molar-refractivity contribution in [3.05, 3.63) is 16.6 Å². The van der Waals surface area contributed by atoms with Crippen LogP contribution in [0.1, 0.15) is 36.7 Å². The third-order valence-corrected chi connectivity index (χ3v) is 3.72. The Labute approximate surface area is 94.1 Å². The summed E-state index contributed by atoms with van der Waals surface area (Å²) in [6.45, 7) is 4.02. The molecule has 0 aromatic carbocycles. The Balaban J connectivity index is 1.93. The van der Waals surface area contributed by atoms with E-state index in [0.717, 1.165) is 31.8 Å². The van der Waals surface area contributed by atoms with Crippen molar-refractivity contribution in [3.63, 3.8) is 0 Å². The molecule has 15 heavy (non-hydrogen) atoms. The van der Waals surface area contributed by atoms with Crippen LogP contribution in [0.25, 0.3) is 0 Å². The van der Waals surface area contributed by atoms with Gasteiger partial charge >= 0.3 is 0 Å². The van der Waals surface area contributed by atoms with Gasteiger partial charge in [0, 0.05) is 18.5 Å². The molecule has 82 valence electrons. The maximum absolute atomic E-state index is 11.9. The first-order chi connectivity index (χ1) is 7.31. The molecule has 3 nitrogen and oxygen atoms in total. The van der Waals surface area contributed by atoms with Crippen molar-refractivity contribution in [2.75, 3.05) is 13.1 Å². The summed E-state index contributed by atoms with van der Waals surface area (Å²) in [5.41, 5.74) is 2.32. The van der Waals surface area contributed by atoms with E-state index in [1.165, 1.54) is 17.8 Å². The number of amides is 1. The van der Waals surface area contributed by atoms with Crippen molar-refractivity contribution < 1.29 is 4.79 Å². The lowest BCUT2D eigenvalue weighted by molar-refractivity contribution is 0.0683. The van der Waals surface area contributed by atoms with Crippen molar-refractivity contribution >= 4 is 17.2 Å². The van der Waals surface area contributed by atoms with Gasteiger partial charge in [0.05, 0.1) is 5.51 Å². The molecule has 0 N–H and O–H groups in total. The Morgan fingerprint density at radius 3 is 2.87 bits per heavy atom. The lowest BCUT2D eigenvalue weighted by Crippen LogP contribution is -2.38. The minimum atomic E-state index is 0.103. The molecule has 0 bridgehead atoms. The lowest BCUT2D eigenvalue weighted by atomic mass is 9.94. The van der Waals surface area contributed by atoms with Gasteiger partial charge in [0.15, 0.2) is 0 Å². The van der Waals surface area contributed by atoms with Gasteiger partial charge in [0.2, 0.25) is 0 Å². The number of hydrogen-bond acceptors (Lipinski definition) is 3. The van der Waals surface area contributed by atoms with E-state index in [2.05, 4.69) is 11.9 Å². The Morgan fingerprint density at radius 1 is 1.60 bits per heavy atom. The fourth-order valence-corrected chi connectivity index (χ4v) is 2.55. The normalized spacial score (nSPS) is 18.1. The molecule has 0 radical (unpaired) electrons. The highest BCUT2D eigenvalue weighted by molar-refractivity contribution is 7.07. The molecule has 4 heteroatoms. The molecule has 0 saturated carbocycles. The lowest BCUT2D eigenvalue weighted by Gasteiger charge is -2.31. The Morgan fingerprint density at radius 2 is 2.33 bits per heavy atom. The third-order valence-electron chi connectivity index (χ3n) is 3.13. The first kappa shape index (κ1) is 10.6. The number of hydrogen-bond donors (Lipinski definition) is 0. The highest BCUT2D eigenvalue weighted by Gasteiger charge is 2.23. The first-order valence-corrected chi connectivity index (χ1v) is 6.43. The molecule has 1 fully saturated rings. The molecule has 1 saturated heterocycles. The van der Waals surface area contributed by atoms with E-state index in [-0.39, 0.29) is 5.91 Å². The number of rotatable bonds is 2. The van der Waals surface area contributed by atoms with Gasteiger partial charge in [-0.25, -0.2) is 4.98 Å². The number of likely N-dealkylation sites (tertiary alicyclic amines) is 1. The zero-order valence-corrected chi connectivity index (χ0v) is 9.80. The van der Waals surface area contributed by atoms with Gasteiger partial charge in [-0.3, -0.25) is 4.79 Å². The van der Waals surface area contributed by atoms with Crippen LogP contribution < -0.4 is 0 Å². The number of nitrogens with zero attached hydrogens (tertiary/aromatic N) is 2. The van der Waals surface area contributed by atoms with Crippen LogP contribution in [0, 0.1) is 5.92 Å². The molecular formula is C11H16N2OS. The SMILES string of the molecule is CCC1CCN(C(=O)c2cscn2)CC1. The first-order valence-electron chi connectivity index (χ1n) is 5.48. The molecular weight excluding hydrogens is 208 g/mol. The quantitative estimate of drug-likeness (QED) is 0.773. The smallest absolute Gasteiger partial charge is 0.273 e. The van der Waals surface area contributed by atoms with Gasteiger partial charge < -0.3 is 4.90 Å². The largest absolute Gasteiger partial charge is 0.337 e. The molecule has 0 atom stereocenters. The molecule has 2 rings (SSSR count). The van der Waals surface area contributed by atoms with Crippen LogP contribution in [0.4, 0.5) is 0 Å². The van der Waals surface area contributed by atoms with Crippen LogP contribution in [0.2, 0.25) is 0 Å².